The number of rotatable bonds is 6. The lowest BCUT2D eigenvalue weighted by Gasteiger charge is -2.20. The molecule has 1 heterocycles. The van der Waals surface area contributed by atoms with E-state index in [9.17, 15) is 0 Å². The van der Waals surface area contributed by atoms with Crippen LogP contribution in [0.5, 0.6) is 0 Å². The highest BCUT2D eigenvalue weighted by Crippen LogP contribution is 2.28. The van der Waals surface area contributed by atoms with Gasteiger partial charge in [0.15, 0.2) is 0 Å². The first kappa shape index (κ1) is 17.1. The second-order valence-electron chi connectivity index (χ2n) is 4.82. The Balaban J connectivity index is 2.27. The van der Waals surface area contributed by atoms with Gasteiger partial charge in [0.25, 0.3) is 0 Å². The number of pyridine rings is 1. The number of hydrogen-bond donors (Lipinski definition) is 1. The van der Waals surface area contributed by atoms with Crippen molar-refractivity contribution in [2.75, 3.05) is 6.54 Å². The zero-order valence-corrected chi connectivity index (χ0v) is 16.5. The third-order valence-electron chi connectivity index (χ3n) is 3.19. The Labute approximate surface area is 151 Å². The summed E-state index contributed by atoms with van der Waals surface area (Å²) in [5.41, 5.74) is 2.32. The van der Waals surface area contributed by atoms with E-state index in [-0.39, 0.29) is 6.04 Å². The van der Waals surface area contributed by atoms with Gasteiger partial charge < -0.3 is 5.32 Å². The first-order valence-corrected chi connectivity index (χ1v) is 9.27. The first-order valence-electron chi connectivity index (χ1n) is 6.89. The van der Waals surface area contributed by atoms with Gasteiger partial charge in [-0.25, -0.2) is 0 Å². The molecule has 5 heteroatoms. The molecule has 112 valence electrons. The maximum absolute atomic E-state index is 4.59. The van der Waals surface area contributed by atoms with Crippen LogP contribution in [0, 0.1) is 0 Å². The molecular weight excluding hydrogens is 460 g/mol. The van der Waals surface area contributed by atoms with Crippen LogP contribution < -0.4 is 5.32 Å². The highest BCUT2D eigenvalue weighted by molar-refractivity contribution is 9.11. The average Bonchev–Trinajstić information content (AvgIpc) is 2.46. The van der Waals surface area contributed by atoms with E-state index in [2.05, 4.69) is 83.2 Å². The Kier molecular flexibility index (Phi) is 6.86. The third-order valence-corrected chi connectivity index (χ3v) is 5.03. The van der Waals surface area contributed by atoms with Gasteiger partial charge in [-0.1, -0.05) is 41.1 Å². The number of halogens is 3. The van der Waals surface area contributed by atoms with Crippen LogP contribution in [-0.2, 0) is 6.42 Å². The van der Waals surface area contributed by atoms with E-state index in [0.717, 1.165) is 38.5 Å². The van der Waals surface area contributed by atoms with Crippen molar-refractivity contribution >= 4 is 47.8 Å². The molecule has 2 nitrogen and oxygen atoms in total. The molecule has 0 spiro atoms. The summed E-state index contributed by atoms with van der Waals surface area (Å²) in [6.45, 7) is 3.14. The molecule has 0 aliphatic carbocycles. The molecule has 1 N–H and O–H groups in total. The molecule has 2 aromatic rings. The first-order chi connectivity index (χ1) is 10.1. The van der Waals surface area contributed by atoms with Gasteiger partial charge in [0.2, 0.25) is 0 Å². The van der Waals surface area contributed by atoms with Crippen LogP contribution in [0.15, 0.2) is 49.9 Å². The van der Waals surface area contributed by atoms with E-state index in [1.54, 1.807) is 0 Å². The normalized spacial score (nSPS) is 12.4. The Morgan fingerprint density at radius 1 is 1.14 bits per heavy atom. The van der Waals surface area contributed by atoms with Crippen molar-refractivity contribution in [1.82, 2.24) is 10.3 Å². The number of hydrogen-bond acceptors (Lipinski definition) is 2. The molecule has 0 bridgehead atoms. The summed E-state index contributed by atoms with van der Waals surface area (Å²) >= 11 is 10.7. The summed E-state index contributed by atoms with van der Waals surface area (Å²) in [6, 6.07) is 10.6. The zero-order valence-electron chi connectivity index (χ0n) is 11.7. The van der Waals surface area contributed by atoms with Gasteiger partial charge in [-0.05, 0) is 68.9 Å². The largest absolute Gasteiger partial charge is 0.308 e. The molecule has 0 fully saturated rings. The van der Waals surface area contributed by atoms with Crippen molar-refractivity contribution in [3.63, 3.8) is 0 Å². The van der Waals surface area contributed by atoms with Crippen molar-refractivity contribution in [2.24, 2.45) is 0 Å². The fourth-order valence-electron chi connectivity index (χ4n) is 2.15. The second-order valence-corrected chi connectivity index (χ2v) is 7.45. The summed E-state index contributed by atoms with van der Waals surface area (Å²) in [7, 11) is 0. The van der Waals surface area contributed by atoms with E-state index in [0.29, 0.717) is 0 Å². The van der Waals surface area contributed by atoms with Crippen molar-refractivity contribution in [2.45, 2.75) is 25.8 Å². The second kappa shape index (κ2) is 8.42. The van der Waals surface area contributed by atoms with Gasteiger partial charge in [-0.15, -0.1) is 0 Å². The number of nitrogens with zero attached hydrogens (tertiary/aromatic N) is 1. The maximum atomic E-state index is 4.59. The minimum absolute atomic E-state index is 0.186. The molecule has 0 aliphatic heterocycles. The minimum atomic E-state index is 0.186. The standard InChI is InChI=1S/C16H17Br3N2/c1-2-7-20-15(8-11-5-3-4-6-13(11)18)16-14(19)9-12(17)10-21-16/h3-6,9-10,15,20H,2,7-8H2,1H3. The molecule has 0 saturated heterocycles. The highest BCUT2D eigenvalue weighted by Gasteiger charge is 2.17. The third kappa shape index (κ3) is 4.88. The van der Waals surface area contributed by atoms with Crippen LogP contribution in [0.25, 0.3) is 0 Å². The fraction of sp³-hybridized carbons (Fsp3) is 0.312. The molecule has 1 atom stereocenters. The minimum Gasteiger partial charge on any atom is -0.308 e. The Bertz CT molecular complexity index is 602. The number of benzene rings is 1. The van der Waals surface area contributed by atoms with Gasteiger partial charge in [-0.3, -0.25) is 4.98 Å². The quantitative estimate of drug-likeness (QED) is 0.582. The summed E-state index contributed by atoms with van der Waals surface area (Å²) in [5, 5.41) is 3.59. The van der Waals surface area contributed by atoms with Crippen LogP contribution in [0.3, 0.4) is 0 Å². The summed E-state index contributed by atoms with van der Waals surface area (Å²) in [4.78, 5) is 4.59. The van der Waals surface area contributed by atoms with Gasteiger partial charge in [0, 0.05) is 19.6 Å². The van der Waals surface area contributed by atoms with Gasteiger partial charge in [0.1, 0.15) is 0 Å². The number of nitrogens with one attached hydrogen (secondary N) is 1. The average molecular weight is 477 g/mol. The molecule has 0 radical (unpaired) electrons. The molecule has 1 aromatic carbocycles. The molecule has 1 unspecified atom stereocenters. The van der Waals surface area contributed by atoms with Crippen LogP contribution in [0.2, 0.25) is 0 Å². The predicted molar refractivity (Wildman–Crippen MR) is 98.5 cm³/mol. The Morgan fingerprint density at radius 3 is 2.57 bits per heavy atom. The van der Waals surface area contributed by atoms with Crippen molar-refractivity contribution in [3.8, 4) is 0 Å². The van der Waals surface area contributed by atoms with Crippen molar-refractivity contribution in [3.05, 3.63) is 61.2 Å². The van der Waals surface area contributed by atoms with E-state index in [1.165, 1.54) is 5.56 Å². The van der Waals surface area contributed by atoms with Gasteiger partial charge in [-0.2, -0.15) is 0 Å². The van der Waals surface area contributed by atoms with Crippen LogP contribution in [0.4, 0.5) is 0 Å². The van der Waals surface area contributed by atoms with Gasteiger partial charge in [0.05, 0.1) is 11.7 Å². The Hall–Kier alpha value is -0.230. The van der Waals surface area contributed by atoms with E-state index in [4.69, 9.17) is 0 Å². The van der Waals surface area contributed by atoms with Crippen molar-refractivity contribution in [1.29, 1.82) is 0 Å². The van der Waals surface area contributed by atoms with E-state index >= 15 is 0 Å². The maximum Gasteiger partial charge on any atom is 0.0719 e. The monoisotopic (exact) mass is 474 g/mol. The van der Waals surface area contributed by atoms with Crippen LogP contribution in [-0.4, -0.2) is 11.5 Å². The van der Waals surface area contributed by atoms with Gasteiger partial charge >= 0.3 is 0 Å². The summed E-state index contributed by atoms with van der Waals surface area (Å²) < 4.78 is 3.15. The lowest BCUT2D eigenvalue weighted by molar-refractivity contribution is 0.515. The molecule has 21 heavy (non-hydrogen) atoms. The predicted octanol–water partition coefficient (Wildman–Crippen LogP) is 5.65. The topological polar surface area (TPSA) is 24.9 Å². The van der Waals surface area contributed by atoms with E-state index in [1.807, 2.05) is 18.3 Å². The summed E-state index contributed by atoms with van der Waals surface area (Å²) in [6.07, 6.45) is 3.84. The fourth-order valence-corrected chi connectivity index (χ4v) is 3.86. The van der Waals surface area contributed by atoms with Crippen LogP contribution in [0.1, 0.15) is 30.6 Å². The zero-order chi connectivity index (χ0) is 15.2. The van der Waals surface area contributed by atoms with E-state index < -0.39 is 0 Å². The van der Waals surface area contributed by atoms with Crippen molar-refractivity contribution < 1.29 is 0 Å². The summed E-state index contributed by atoms with van der Waals surface area (Å²) in [5.74, 6) is 0. The molecule has 1 aromatic heterocycles. The lowest BCUT2D eigenvalue weighted by Crippen LogP contribution is -2.25. The molecular formula is C16H17Br3N2. The lowest BCUT2D eigenvalue weighted by atomic mass is 10.0. The molecule has 0 aliphatic rings. The Morgan fingerprint density at radius 2 is 1.90 bits per heavy atom. The number of aromatic nitrogens is 1. The molecule has 0 amide bonds. The highest BCUT2D eigenvalue weighted by atomic mass is 79.9. The van der Waals surface area contributed by atoms with Crippen LogP contribution >= 0.6 is 47.8 Å². The molecule has 0 saturated carbocycles. The smallest absolute Gasteiger partial charge is 0.0719 e. The SMILES string of the molecule is CCCNC(Cc1ccccc1Br)c1ncc(Br)cc1Br. The molecule has 2 rings (SSSR count).